The van der Waals surface area contributed by atoms with Crippen molar-refractivity contribution in [3.8, 4) is 0 Å². The van der Waals surface area contributed by atoms with E-state index in [2.05, 4.69) is 61.9 Å². The maximum Gasteiger partial charge on any atom is 0.191 e. The summed E-state index contributed by atoms with van der Waals surface area (Å²) in [6.45, 7) is 13.5. The van der Waals surface area contributed by atoms with Crippen molar-refractivity contribution in [3.05, 3.63) is 35.4 Å². The van der Waals surface area contributed by atoms with Gasteiger partial charge in [-0.3, -0.25) is 0 Å². The number of nitrogens with one attached hydrogen (secondary N) is 2. The molecule has 0 fully saturated rings. The van der Waals surface area contributed by atoms with Crippen LogP contribution in [0.2, 0.25) is 0 Å². The SMILES string of the molecule is CCNC(=NCc1cccc(COCCOCC)c1)NCC(C)(C)SC.I. The summed E-state index contributed by atoms with van der Waals surface area (Å²) in [4.78, 5) is 4.71. The largest absolute Gasteiger partial charge is 0.379 e. The van der Waals surface area contributed by atoms with Crippen LogP contribution in [0, 0.1) is 0 Å². The van der Waals surface area contributed by atoms with Crippen LogP contribution in [-0.4, -0.2) is 49.9 Å². The van der Waals surface area contributed by atoms with E-state index in [1.807, 2.05) is 18.7 Å². The molecule has 0 spiro atoms. The molecule has 0 atom stereocenters. The first-order valence-corrected chi connectivity index (χ1v) is 10.5. The molecule has 1 rings (SSSR count). The molecule has 0 bridgehead atoms. The number of rotatable bonds is 12. The Morgan fingerprint density at radius 3 is 2.48 bits per heavy atom. The lowest BCUT2D eigenvalue weighted by Gasteiger charge is -2.23. The summed E-state index contributed by atoms with van der Waals surface area (Å²) in [5.41, 5.74) is 2.34. The molecule has 0 aliphatic heterocycles. The van der Waals surface area contributed by atoms with Gasteiger partial charge in [0.15, 0.2) is 5.96 Å². The van der Waals surface area contributed by atoms with Crippen LogP contribution in [-0.2, 0) is 22.6 Å². The normalized spacial score (nSPS) is 11.8. The Morgan fingerprint density at radius 1 is 1.11 bits per heavy atom. The molecule has 0 unspecified atom stereocenters. The number of thioether (sulfide) groups is 1. The second-order valence-electron chi connectivity index (χ2n) is 6.58. The van der Waals surface area contributed by atoms with Gasteiger partial charge in [0.25, 0.3) is 0 Å². The molecule has 0 amide bonds. The van der Waals surface area contributed by atoms with Gasteiger partial charge in [0.2, 0.25) is 0 Å². The van der Waals surface area contributed by atoms with Crippen molar-refractivity contribution in [3.63, 3.8) is 0 Å². The number of hydrogen-bond donors (Lipinski definition) is 2. The van der Waals surface area contributed by atoms with E-state index in [1.54, 1.807) is 0 Å². The maximum atomic E-state index is 5.64. The predicted octanol–water partition coefficient (Wildman–Crippen LogP) is 4.05. The van der Waals surface area contributed by atoms with Crippen LogP contribution in [0.1, 0.15) is 38.8 Å². The van der Waals surface area contributed by atoms with E-state index in [-0.39, 0.29) is 28.7 Å². The van der Waals surface area contributed by atoms with Crippen molar-refractivity contribution in [1.29, 1.82) is 0 Å². The van der Waals surface area contributed by atoms with Crippen molar-refractivity contribution in [1.82, 2.24) is 10.6 Å². The summed E-state index contributed by atoms with van der Waals surface area (Å²) in [7, 11) is 0. The summed E-state index contributed by atoms with van der Waals surface area (Å²) in [6, 6.07) is 8.39. The number of nitrogens with zero attached hydrogens (tertiary/aromatic N) is 1. The second kappa shape index (κ2) is 15.4. The average molecular weight is 509 g/mol. The Hall–Kier alpha value is -0.510. The van der Waals surface area contributed by atoms with Crippen molar-refractivity contribution in [2.45, 2.75) is 45.6 Å². The van der Waals surface area contributed by atoms with Crippen molar-refractivity contribution >= 4 is 41.7 Å². The quantitative estimate of drug-likeness (QED) is 0.193. The van der Waals surface area contributed by atoms with E-state index >= 15 is 0 Å². The molecule has 0 radical (unpaired) electrons. The van der Waals surface area contributed by atoms with Gasteiger partial charge in [0, 0.05) is 24.4 Å². The lowest BCUT2D eigenvalue weighted by Crippen LogP contribution is -2.43. The lowest BCUT2D eigenvalue weighted by molar-refractivity contribution is 0.0453. The zero-order chi connectivity index (χ0) is 19.3. The number of guanidine groups is 1. The molecule has 0 aromatic heterocycles. The number of hydrogen-bond acceptors (Lipinski definition) is 4. The van der Waals surface area contributed by atoms with Crippen LogP contribution in [0.3, 0.4) is 0 Å². The molecular formula is C20H36IN3O2S. The van der Waals surface area contributed by atoms with E-state index in [4.69, 9.17) is 14.5 Å². The van der Waals surface area contributed by atoms with Crippen LogP contribution in [0.15, 0.2) is 29.3 Å². The van der Waals surface area contributed by atoms with Gasteiger partial charge in [0.1, 0.15) is 0 Å². The molecule has 0 aliphatic rings. The van der Waals surface area contributed by atoms with E-state index in [0.717, 1.165) is 31.2 Å². The summed E-state index contributed by atoms with van der Waals surface area (Å²) >= 11 is 1.85. The first-order chi connectivity index (χ1) is 12.5. The van der Waals surface area contributed by atoms with Gasteiger partial charge in [-0.05, 0) is 45.1 Å². The third-order valence-electron chi connectivity index (χ3n) is 3.83. The summed E-state index contributed by atoms with van der Waals surface area (Å²) in [5.74, 6) is 0.855. The van der Waals surface area contributed by atoms with Crippen molar-refractivity contribution in [2.24, 2.45) is 4.99 Å². The molecule has 0 heterocycles. The van der Waals surface area contributed by atoms with Crippen molar-refractivity contribution < 1.29 is 9.47 Å². The number of ether oxygens (including phenoxy) is 2. The minimum Gasteiger partial charge on any atom is -0.379 e. The molecule has 0 aliphatic carbocycles. The molecule has 156 valence electrons. The standard InChI is InChI=1S/C20H35N3O2S.HI/c1-6-21-19(23-16-20(3,4)26-5)22-14-17-9-8-10-18(13-17)15-25-12-11-24-7-2;/h8-10,13H,6-7,11-12,14-16H2,1-5H3,(H2,21,22,23);1H. The fourth-order valence-corrected chi connectivity index (χ4v) is 2.37. The summed E-state index contributed by atoms with van der Waals surface area (Å²) in [5, 5.41) is 6.74. The Labute approximate surface area is 186 Å². The van der Waals surface area contributed by atoms with E-state index in [9.17, 15) is 0 Å². The highest BCUT2D eigenvalue weighted by molar-refractivity contribution is 14.0. The van der Waals surface area contributed by atoms with Crippen LogP contribution >= 0.6 is 35.7 Å². The molecule has 0 saturated heterocycles. The maximum absolute atomic E-state index is 5.64. The van der Waals surface area contributed by atoms with Crippen LogP contribution in [0.4, 0.5) is 0 Å². The molecular weight excluding hydrogens is 473 g/mol. The fraction of sp³-hybridized carbons (Fsp3) is 0.650. The third-order valence-corrected chi connectivity index (χ3v) is 5.08. The molecule has 1 aromatic rings. The van der Waals surface area contributed by atoms with Crippen LogP contribution < -0.4 is 10.6 Å². The minimum absolute atomic E-state index is 0. The van der Waals surface area contributed by atoms with Gasteiger partial charge in [0.05, 0.1) is 26.4 Å². The molecule has 2 N–H and O–H groups in total. The highest BCUT2D eigenvalue weighted by atomic mass is 127. The summed E-state index contributed by atoms with van der Waals surface area (Å²) < 4.78 is 11.1. The highest BCUT2D eigenvalue weighted by Gasteiger charge is 2.16. The summed E-state index contributed by atoms with van der Waals surface area (Å²) in [6.07, 6.45) is 2.13. The van der Waals surface area contributed by atoms with Gasteiger partial charge in [-0.2, -0.15) is 11.8 Å². The Balaban J connectivity index is 0.00000676. The topological polar surface area (TPSA) is 54.9 Å². The van der Waals surface area contributed by atoms with Crippen LogP contribution in [0.25, 0.3) is 0 Å². The minimum atomic E-state index is 0. The van der Waals surface area contributed by atoms with E-state index in [1.165, 1.54) is 5.56 Å². The fourth-order valence-electron chi connectivity index (χ4n) is 2.15. The number of benzene rings is 1. The molecule has 27 heavy (non-hydrogen) atoms. The monoisotopic (exact) mass is 509 g/mol. The Kier molecular flexibility index (Phi) is 15.1. The zero-order valence-corrected chi connectivity index (χ0v) is 20.5. The average Bonchev–Trinajstić information content (AvgIpc) is 2.64. The number of aliphatic imine (C=N–C) groups is 1. The molecule has 1 aromatic carbocycles. The van der Waals surface area contributed by atoms with E-state index < -0.39 is 0 Å². The second-order valence-corrected chi connectivity index (χ2v) is 8.10. The van der Waals surface area contributed by atoms with E-state index in [0.29, 0.717) is 26.4 Å². The smallest absolute Gasteiger partial charge is 0.191 e. The van der Waals surface area contributed by atoms with Gasteiger partial charge >= 0.3 is 0 Å². The molecule has 7 heteroatoms. The molecule has 0 saturated carbocycles. The first-order valence-electron chi connectivity index (χ1n) is 9.31. The van der Waals surface area contributed by atoms with Gasteiger partial charge in [-0.1, -0.05) is 24.3 Å². The van der Waals surface area contributed by atoms with Crippen molar-refractivity contribution in [2.75, 3.05) is 39.2 Å². The zero-order valence-electron chi connectivity index (χ0n) is 17.3. The van der Waals surface area contributed by atoms with Gasteiger partial charge in [-0.15, -0.1) is 24.0 Å². The first kappa shape index (κ1) is 26.5. The predicted molar refractivity (Wildman–Crippen MR) is 128 cm³/mol. The lowest BCUT2D eigenvalue weighted by atomic mass is 10.1. The Bertz CT molecular complexity index is 542. The number of halogens is 1. The third kappa shape index (κ3) is 12.5. The van der Waals surface area contributed by atoms with Crippen LogP contribution in [0.5, 0.6) is 0 Å². The Morgan fingerprint density at radius 2 is 1.81 bits per heavy atom. The van der Waals surface area contributed by atoms with Gasteiger partial charge < -0.3 is 20.1 Å². The molecule has 5 nitrogen and oxygen atoms in total. The van der Waals surface area contributed by atoms with Gasteiger partial charge in [-0.25, -0.2) is 4.99 Å². The highest BCUT2D eigenvalue weighted by Crippen LogP contribution is 2.19.